The lowest BCUT2D eigenvalue weighted by Crippen LogP contribution is -2.07. The molecule has 0 bridgehead atoms. The minimum atomic E-state index is -0.286. The molecule has 0 aliphatic rings. The molecule has 0 saturated carbocycles. The Labute approximate surface area is 182 Å². The average molecular weight is 444 g/mol. The predicted molar refractivity (Wildman–Crippen MR) is 115 cm³/mol. The van der Waals surface area contributed by atoms with Gasteiger partial charge in [0, 0.05) is 22.2 Å². The quantitative estimate of drug-likeness (QED) is 0.421. The summed E-state index contributed by atoms with van der Waals surface area (Å²) in [4.78, 5) is 17.9. The monoisotopic (exact) mass is 443 g/mol. The van der Waals surface area contributed by atoms with E-state index < -0.39 is 0 Å². The zero-order valence-electron chi connectivity index (χ0n) is 15.9. The summed E-state index contributed by atoms with van der Waals surface area (Å²) in [5.41, 5.74) is 2.99. The summed E-state index contributed by atoms with van der Waals surface area (Å²) in [5, 5.41) is 4.11. The highest BCUT2D eigenvalue weighted by molar-refractivity contribution is 6.35. The number of rotatable bonds is 6. The van der Waals surface area contributed by atoms with Crippen molar-refractivity contribution in [1.29, 1.82) is 0 Å². The number of fused-ring (bicyclic) bond motifs is 1. The lowest BCUT2D eigenvalue weighted by molar-refractivity contribution is 0.330. The first-order valence-electron chi connectivity index (χ1n) is 9.14. The minimum absolute atomic E-state index is 0.286. The van der Waals surface area contributed by atoms with Crippen LogP contribution in [0.3, 0.4) is 0 Å². The Kier molecular flexibility index (Phi) is 5.92. The molecule has 0 saturated heterocycles. The molecule has 2 aromatic heterocycles. The molecule has 2 aromatic carbocycles. The fraction of sp³-hybridized carbons (Fsp3) is 0.143. The summed E-state index contributed by atoms with van der Waals surface area (Å²) in [6.45, 7) is 2.68. The molecule has 0 fully saturated rings. The average Bonchev–Trinajstić information content (AvgIpc) is 2.72. The molecule has 0 aliphatic carbocycles. The first kappa shape index (κ1) is 20.3. The maximum absolute atomic E-state index is 13.1. The van der Waals surface area contributed by atoms with Crippen LogP contribution >= 0.6 is 23.2 Å². The maximum atomic E-state index is 13.1. The highest BCUT2D eigenvalue weighted by Crippen LogP contribution is 2.28. The van der Waals surface area contributed by atoms with Crippen LogP contribution in [0, 0.1) is 5.82 Å². The molecule has 0 aliphatic heterocycles. The van der Waals surface area contributed by atoms with E-state index in [0.717, 1.165) is 11.1 Å². The molecule has 4 aromatic rings. The van der Waals surface area contributed by atoms with Gasteiger partial charge in [-0.05, 0) is 42.8 Å². The van der Waals surface area contributed by atoms with E-state index in [4.69, 9.17) is 27.9 Å². The molecular weight excluding hydrogens is 428 g/mol. The Balaban J connectivity index is 1.68. The van der Waals surface area contributed by atoms with E-state index in [1.54, 1.807) is 36.5 Å². The number of benzene rings is 2. The molecule has 30 heavy (non-hydrogen) atoms. The van der Waals surface area contributed by atoms with Gasteiger partial charge in [-0.2, -0.15) is 9.97 Å². The van der Waals surface area contributed by atoms with Crippen molar-refractivity contribution in [3.63, 3.8) is 0 Å². The van der Waals surface area contributed by atoms with Crippen LogP contribution in [0.15, 0.2) is 48.7 Å². The Hall–Kier alpha value is -3.03. The van der Waals surface area contributed by atoms with E-state index >= 15 is 0 Å². The third kappa shape index (κ3) is 4.58. The van der Waals surface area contributed by atoms with Gasteiger partial charge in [0.1, 0.15) is 5.82 Å². The number of anilines is 1. The number of halogens is 3. The summed E-state index contributed by atoms with van der Waals surface area (Å²) >= 11 is 12.2. The zero-order chi connectivity index (χ0) is 21.1. The van der Waals surface area contributed by atoms with E-state index in [2.05, 4.69) is 25.3 Å². The van der Waals surface area contributed by atoms with Gasteiger partial charge in [0.25, 0.3) is 0 Å². The van der Waals surface area contributed by atoms with Gasteiger partial charge in [-0.3, -0.25) is 0 Å². The van der Waals surface area contributed by atoms with Crippen LogP contribution in [0.25, 0.3) is 22.4 Å². The highest BCUT2D eigenvalue weighted by Gasteiger charge is 2.14. The van der Waals surface area contributed by atoms with Crippen LogP contribution in [-0.2, 0) is 6.54 Å². The number of nitrogens with one attached hydrogen (secondary N) is 1. The molecule has 0 amide bonds. The van der Waals surface area contributed by atoms with Crippen LogP contribution in [0.1, 0.15) is 12.5 Å². The van der Waals surface area contributed by atoms with E-state index in [1.807, 2.05) is 6.92 Å². The molecule has 4 rings (SSSR count). The second kappa shape index (κ2) is 8.77. The standard InChI is InChI=1S/C21H16Cl2FN5O/c1-2-30-20-18-19(25-11-17(27-18)13-7-14(22)9-15(23)8-13)28-21(29-20)26-10-12-3-5-16(24)6-4-12/h3-9,11H,2,10H2,1H3,(H,25,26,28,29). The third-order valence-electron chi connectivity index (χ3n) is 4.18. The summed E-state index contributed by atoms with van der Waals surface area (Å²) in [5.74, 6) is 0.362. The molecule has 0 atom stereocenters. The number of nitrogens with zero attached hydrogens (tertiary/aromatic N) is 4. The second-order valence-electron chi connectivity index (χ2n) is 6.35. The molecule has 152 valence electrons. The van der Waals surface area contributed by atoms with Crippen molar-refractivity contribution in [3.05, 3.63) is 70.1 Å². The fourth-order valence-electron chi connectivity index (χ4n) is 2.82. The number of aromatic nitrogens is 4. The third-order valence-corrected chi connectivity index (χ3v) is 4.61. The SMILES string of the molecule is CCOc1nc(NCc2ccc(F)cc2)nc2ncc(-c3cc(Cl)cc(Cl)c3)nc12. The largest absolute Gasteiger partial charge is 0.476 e. The number of hydrogen-bond donors (Lipinski definition) is 1. The Morgan fingerprint density at radius 3 is 2.43 bits per heavy atom. The summed E-state index contributed by atoms with van der Waals surface area (Å²) in [7, 11) is 0. The van der Waals surface area contributed by atoms with Gasteiger partial charge in [0.05, 0.1) is 18.5 Å². The Morgan fingerprint density at radius 2 is 1.73 bits per heavy atom. The van der Waals surface area contributed by atoms with E-state index in [0.29, 0.717) is 51.9 Å². The molecule has 2 heterocycles. The molecule has 1 N–H and O–H groups in total. The second-order valence-corrected chi connectivity index (χ2v) is 7.22. The molecule has 0 unspecified atom stereocenters. The van der Waals surface area contributed by atoms with Gasteiger partial charge in [-0.25, -0.2) is 14.4 Å². The summed E-state index contributed by atoms with van der Waals surface area (Å²) < 4.78 is 18.7. The van der Waals surface area contributed by atoms with E-state index in [1.165, 1.54) is 12.1 Å². The number of ether oxygens (including phenoxy) is 1. The van der Waals surface area contributed by atoms with Crippen molar-refractivity contribution in [2.24, 2.45) is 0 Å². The summed E-state index contributed by atoms with van der Waals surface area (Å²) in [6.07, 6.45) is 1.59. The Bertz CT molecular complexity index is 1180. The lowest BCUT2D eigenvalue weighted by atomic mass is 10.1. The van der Waals surface area contributed by atoms with Crippen molar-refractivity contribution in [3.8, 4) is 17.1 Å². The molecule has 0 spiro atoms. The fourth-order valence-corrected chi connectivity index (χ4v) is 3.35. The van der Waals surface area contributed by atoms with Crippen molar-refractivity contribution >= 4 is 40.3 Å². The van der Waals surface area contributed by atoms with Crippen LogP contribution < -0.4 is 10.1 Å². The predicted octanol–water partition coefficient (Wildman–Crippen LogP) is 5.54. The van der Waals surface area contributed by atoms with Crippen LogP contribution in [-0.4, -0.2) is 26.5 Å². The van der Waals surface area contributed by atoms with Gasteiger partial charge in [0.15, 0.2) is 11.2 Å². The first-order valence-corrected chi connectivity index (χ1v) is 9.90. The van der Waals surface area contributed by atoms with Gasteiger partial charge in [-0.1, -0.05) is 35.3 Å². The van der Waals surface area contributed by atoms with Gasteiger partial charge in [-0.15, -0.1) is 0 Å². The lowest BCUT2D eigenvalue weighted by Gasteiger charge is -2.11. The van der Waals surface area contributed by atoms with E-state index in [9.17, 15) is 4.39 Å². The van der Waals surface area contributed by atoms with Crippen molar-refractivity contribution in [1.82, 2.24) is 19.9 Å². The van der Waals surface area contributed by atoms with Gasteiger partial charge < -0.3 is 10.1 Å². The van der Waals surface area contributed by atoms with Crippen LogP contribution in [0.4, 0.5) is 10.3 Å². The smallest absolute Gasteiger partial charge is 0.247 e. The maximum Gasteiger partial charge on any atom is 0.247 e. The zero-order valence-corrected chi connectivity index (χ0v) is 17.4. The molecule has 9 heteroatoms. The minimum Gasteiger partial charge on any atom is -0.476 e. The van der Waals surface area contributed by atoms with Crippen LogP contribution in [0.2, 0.25) is 10.0 Å². The normalized spacial score (nSPS) is 10.9. The molecular formula is C21H16Cl2FN5O. The molecule has 0 radical (unpaired) electrons. The van der Waals surface area contributed by atoms with Gasteiger partial charge in [0.2, 0.25) is 11.8 Å². The van der Waals surface area contributed by atoms with Gasteiger partial charge >= 0.3 is 0 Å². The topological polar surface area (TPSA) is 72.8 Å². The Morgan fingerprint density at radius 1 is 1.00 bits per heavy atom. The highest BCUT2D eigenvalue weighted by atomic mass is 35.5. The van der Waals surface area contributed by atoms with E-state index in [-0.39, 0.29) is 5.82 Å². The van der Waals surface area contributed by atoms with Crippen molar-refractivity contribution in [2.45, 2.75) is 13.5 Å². The number of hydrogen-bond acceptors (Lipinski definition) is 6. The van der Waals surface area contributed by atoms with Crippen LogP contribution in [0.5, 0.6) is 5.88 Å². The summed E-state index contributed by atoms with van der Waals surface area (Å²) in [6, 6.07) is 11.3. The molecule has 6 nitrogen and oxygen atoms in total. The van der Waals surface area contributed by atoms with Crippen molar-refractivity contribution < 1.29 is 9.13 Å². The van der Waals surface area contributed by atoms with Crippen molar-refractivity contribution in [2.75, 3.05) is 11.9 Å². The first-order chi connectivity index (χ1) is 14.5.